The maximum atomic E-state index is 11.2. The number of aromatic amines is 1. The number of hydrogen-bond acceptors (Lipinski definition) is 4. The Morgan fingerprint density at radius 1 is 1.59 bits per heavy atom. The summed E-state index contributed by atoms with van der Waals surface area (Å²) in [5, 5.41) is 12.5. The predicted molar refractivity (Wildman–Crippen MR) is 60.3 cm³/mol. The van der Waals surface area contributed by atoms with Crippen LogP contribution in [0.25, 0.3) is 0 Å². The lowest BCUT2D eigenvalue weighted by Crippen LogP contribution is -2.27. The van der Waals surface area contributed by atoms with Crippen LogP contribution < -0.4 is 5.43 Å². The van der Waals surface area contributed by atoms with E-state index in [1.165, 1.54) is 12.5 Å². The smallest absolute Gasteiger partial charge is 0.352 e. The minimum Gasteiger partial charge on any atom is -0.477 e. The van der Waals surface area contributed by atoms with E-state index < -0.39 is 5.97 Å². The summed E-state index contributed by atoms with van der Waals surface area (Å²) in [6.45, 7) is 3.39. The minimum absolute atomic E-state index is 0.0771. The van der Waals surface area contributed by atoms with Crippen LogP contribution in [0.1, 0.15) is 19.5 Å². The molecule has 1 amide bonds. The number of imidazole rings is 1. The zero-order chi connectivity index (χ0) is 12.8. The number of carboxylic acids is 1. The topological polar surface area (TPSA) is 107 Å². The van der Waals surface area contributed by atoms with Crippen LogP contribution in [-0.2, 0) is 16.0 Å². The summed E-state index contributed by atoms with van der Waals surface area (Å²) in [4.78, 5) is 28.7. The second kappa shape index (κ2) is 5.78. The molecule has 92 valence electrons. The van der Waals surface area contributed by atoms with Crippen LogP contribution in [-0.4, -0.2) is 32.7 Å². The third-order valence-electron chi connectivity index (χ3n) is 1.99. The molecule has 0 aromatic carbocycles. The number of carboxylic acid groups (broad SMARTS) is 1. The molecule has 7 nitrogen and oxygen atoms in total. The van der Waals surface area contributed by atoms with Gasteiger partial charge in [0.1, 0.15) is 0 Å². The minimum atomic E-state index is -1.18. The van der Waals surface area contributed by atoms with Crippen LogP contribution in [0.3, 0.4) is 0 Å². The molecular weight excluding hydrogens is 224 g/mol. The van der Waals surface area contributed by atoms with Gasteiger partial charge in [0, 0.05) is 24.2 Å². The van der Waals surface area contributed by atoms with Gasteiger partial charge in [0.25, 0.3) is 0 Å². The fourth-order valence-electron chi connectivity index (χ4n) is 0.976. The van der Waals surface area contributed by atoms with Gasteiger partial charge in [-0.25, -0.2) is 15.2 Å². The Balaban J connectivity index is 2.69. The third kappa shape index (κ3) is 4.06. The molecule has 0 unspecified atom stereocenters. The van der Waals surface area contributed by atoms with Crippen LogP contribution in [0.2, 0.25) is 0 Å². The molecule has 0 saturated heterocycles. The summed E-state index contributed by atoms with van der Waals surface area (Å²) in [5.41, 5.74) is 2.68. The first kappa shape index (κ1) is 12.9. The fraction of sp³-hybridized carbons (Fsp3) is 0.400. The Bertz CT molecular complexity index is 423. The normalized spacial score (nSPS) is 11.6. The molecule has 17 heavy (non-hydrogen) atoms. The van der Waals surface area contributed by atoms with Gasteiger partial charge in [-0.2, -0.15) is 5.10 Å². The highest BCUT2D eigenvalue weighted by Crippen LogP contribution is 1.96. The van der Waals surface area contributed by atoms with Crippen molar-refractivity contribution < 1.29 is 14.7 Å². The number of aliphatic carboxylic acids is 1. The predicted octanol–water partition coefficient (Wildman–Crippen LogP) is 0.165. The van der Waals surface area contributed by atoms with Crippen LogP contribution in [0.4, 0.5) is 0 Å². The van der Waals surface area contributed by atoms with E-state index >= 15 is 0 Å². The average Bonchev–Trinajstić information content (AvgIpc) is 2.75. The molecule has 1 aromatic rings. The summed E-state index contributed by atoms with van der Waals surface area (Å²) < 4.78 is 0. The maximum absolute atomic E-state index is 11.2. The summed E-state index contributed by atoms with van der Waals surface area (Å²) >= 11 is 0. The van der Waals surface area contributed by atoms with E-state index in [1.54, 1.807) is 13.8 Å². The lowest BCUT2D eigenvalue weighted by Gasteiger charge is -2.04. The van der Waals surface area contributed by atoms with E-state index in [-0.39, 0.29) is 24.0 Å². The van der Waals surface area contributed by atoms with Crippen molar-refractivity contribution in [3.8, 4) is 0 Å². The molecule has 0 bridgehead atoms. The van der Waals surface area contributed by atoms with Gasteiger partial charge in [0.15, 0.2) is 5.71 Å². The number of amides is 1. The molecule has 1 heterocycles. The summed E-state index contributed by atoms with van der Waals surface area (Å²) in [6.07, 6.45) is 3.03. The molecule has 0 aliphatic rings. The van der Waals surface area contributed by atoms with Crippen LogP contribution in [0.15, 0.2) is 17.6 Å². The van der Waals surface area contributed by atoms with Crippen molar-refractivity contribution in [1.29, 1.82) is 0 Å². The quantitative estimate of drug-likeness (QED) is 0.501. The Morgan fingerprint density at radius 2 is 2.29 bits per heavy atom. The molecular formula is C10H14N4O3. The van der Waals surface area contributed by atoms with Crippen molar-refractivity contribution >= 4 is 17.6 Å². The number of aromatic nitrogens is 2. The lowest BCUT2D eigenvalue weighted by molar-refractivity contribution is -0.129. The second-order valence-corrected chi connectivity index (χ2v) is 3.75. The number of nitrogens with one attached hydrogen (secondary N) is 2. The van der Waals surface area contributed by atoms with E-state index in [9.17, 15) is 9.59 Å². The van der Waals surface area contributed by atoms with Crippen molar-refractivity contribution in [3.63, 3.8) is 0 Å². The van der Waals surface area contributed by atoms with Gasteiger partial charge in [-0.15, -0.1) is 0 Å². The molecule has 1 rings (SSSR count). The van der Waals surface area contributed by atoms with Crippen molar-refractivity contribution in [3.05, 3.63) is 18.2 Å². The molecule has 0 saturated carbocycles. The van der Waals surface area contributed by atoms with Gasteiger partial charge in [0.05, 0.1) is 6.33 Å². The molecule has 0 radical (unpaired) electrons. The zero-order valence-corrected chi connectivity index (χ0v) is 9.60. The fourth-order valence-corrected chi connectivity index (χ4v) is 0.976. The van der Waals surface area contributed by atoms with E-state index in [4.69, 9.17) is 5.11 Å². The maximum Gasteiger partial charge on any atom is 0.352 e. The first-order valence-corrected chi connectivity index (χ1v) is 5.07. The van der Waals surface area contributed by atoms with E-state index in [0.717, 1.165) is 0 Å². The summed E-state index contributed by atoms with van der Waals surface area (Å²) in [7, 11) is 0. The van der Waals surface area contributed by atoms with Gasteiger partial charge >= 0.3 is 5.97 Å². The summed E-state index contributed by atoms with van der Waals surface area (Å²) in [5.74, 6) is -1.75. The molecule has 0 spiro atoms. The molecule has 3 N–H and O–H groups in total. The highest BCUT2D eigenvalue weighted by atomic mass is 16.4. The van der Waals surface area contributed by atoms with Crippen molar-refractivity contribution in [1.82, 2.24) is 15.4 Å². The number of carbonyl (C=O) groups excluding carboxylic acids is 1. The Morgan fingerprint density at radius 3 is 2.76 bits per heavy atom. The first-order chi connectivity index (χ1) is 8.00. The SMILES string of the molecule is CC(C)C(=O)NN=C(Cc1cnc[nH]1)C(=O)O. The largest absolute Gasteiger partial charge is 0.477 e. The molecule has 1 aromatic heterocycles. The van der Waals surface area contributed by atoms with E-state index in [1.807, 2.05) is 0 Å². The number of nitrogens with zero attached hydrogens (tertiary/aromatic N) is 2. The highest BCUT2D eigenvalue weighted by molar-refractivity contribution is 6.36. The Hall–Kier alpha value is -2.18. The van der Waals surface area contributed by atoms with Crippen molar-refractivity contribution in [2.24, 2.45) is 11.0 Å². The number of rotatable bonds is 5. The van der Waals surface area contributed by atoms with Crippen LogP contribution in [0, 0.1) is 5.92 Å². The molecule has 0 atom stereocenters. The van der Waals surface area contributed by atoms with Crippen molar-refractivity contribution in [2.45, 2.75) is 20.3 Å². The van der Waals surface area contributed by atoms with Gasteiger partial charge in [0.2, 0.25) is 5.91 Å². The third-order valence-corrected chi connectivity index (χ3v) is 1.99. The number of carbonyl (C=O) groups is 2. The van der Waals surface area contributed by atoms with Gasteiger partial charge in [-0.1, -0.05) is 13.8 Å². The number of hydrogen-bond donors (Lipinski definition) is 3. The summed E-state index contributed by atoms with van der Waals surface area (Å²) in [6, 6.07) is 0. The Kier molecular flexibility index (Phi) is 4.38. The number of H-pyrrole nitrogens is 1. The lowest BCUT2D eigenvalue weighted by atomic mass is 10.2. The highest BCUT2D eigenvalue weighted by Gasteiger charge is 2.13. The van der Waals surface area contributed by atoms with E-state index in [2.05, 4.69) is 20.5 Å². The average molecular weight is 238 g/mol. The standard InChI is InChI=1S/C10H14N4O3/c1-6(2)9(15)14-13-8(10(16)17)3-7-4-11-5-12-7/h4-6H,3H2,1-2H3,(H,11,12)(H,14,15)(H,16,17). The zero-order valence-electron chi connectivity index (χ0n) is 9.60. The molecule has 0 aliphatic heterocycles. The molecule has 0 fully saturated rings. The first-order valence-electron chi connectivity index (χ1n) is 5.07. The second-order valence-electron chi connectivity index (χ2n) is 3.75. The van der Waals surface area contributed by atoms with E-state index in [0.29, 0.717) is 5.69 Å². The monoisotopic (exact) mass is 238 g/mol. The van der Waals surface area contributed by atoms with Crippen LogP contribution >= 0.6 is 0 Å². The van der Waals surface area contributed by atoms with Crippen molar-refractivity contribution in [2.75, 3.05) is 0 Å². The Labute approximate surface area is 97.9 Å². The van der Waals surface area contributed by atoms with Gasteiger partial charge < -0.3 is 10.1 Å². The number of hydrazone groups is 1. The molecule has 0 aliphatic carbocycles. The van der Waals surface area contributed by atoms with Gasteiger partial charge in [-0.3, -0.25) is 4.79 Å². The molecule has 7 heteroatoms. The van der Waals surface area contributed by atoms with Gasteiger partial charge in [-0.05, 0) is 0 Å². The van der Waals surface area contributed by atoms with Crippen LogP contribution in [0.5, 0.6) is 0 Å².